The van der Waals surface area contributed by atoms with E-state index < -0.39 is 12.6 Å². The van der Waals surface area contributed by atoms with Crippen LogP contribution in [0.1, 0.15) is 39.1 Å². The zero-order valence-corrected chi connectivity index (χ0v) is 20.0. The second kappa shape index (κ2) is 11.9. The maximum Gasteiger partial charge on any atom is 0.340 e. The lowest BCUT2D eigenvalue weighted by Crippen LogP contribution is -2.18. The van der Waals surface area contributed by atoms with Gasteiger partial charge in [0.1, 0.15) is 5.75 Å². The number of ketones is 1. The molecule has 1 heterocycles. The standard InChI is InChI=1S/C28H27NO7/c1-33-21-11-7-19(8-12-21)9-14-27(31)29-23-6-3-2-5-22(23)28(32)36-18-24(30)20-10-13-25-26(17-20)35-16-4-15-34-25/h2-3,5-8,10-13,17H,4,9,14-16,18H2,1H3,(H,29,31). The number of ether oxygens (including phenoxy) is 4. The van der Waals surface area contributed by atoms with Crippen molar-refractivity contribution in [2.45, 2.75) is 19.3 Å². The number of benzene rings is 3. The normalized spacial score (nSPS) is 12.2. The highest BCUT2D eigenvalue weighted by molar-refractivity contribution is 6.03. The first-order valence-corrected chi connectivity index (χ1v) is 11.7. The molecule has 1 aliphatic heterocycles. The number of nitrogens with one attached hydrogen (secondary N) is 1. The largest absolute Gasteiger partial charge is 0.497 e. The Kier molecular flexibility index (Phi) is 8.18. The predicted molar refractivity (Wildman–Crippen MR) is 133 cm³/mol. The number of hydrogen-bond acceptors (Lipinski definition) is 7. The Balaban J connectivity index is 1.33. The highest BCUT2D eigenvalue weighted by Crippen LogP contribution is 2.30. The predicted octanol–water partition coefficient (Wildman–Crippen LogP) is 4.47. The summed E-state index contributed by atoms with van der Waals surface area (Å²) in [5, 5.41) is 2.76. The van der Waals surface area contributed by atoms with E-state index in [4.69, 9.17) is 18.9 Å². The number of para-hydroxylation sites is 1. The second-order valence-electron chi connectivity index (χ2n) is 8.15. The molecule has 0 aromatic heterocycles. The lowest BCUT2D eigenvalue weighted by Gasteiger charge is -2.12. The number of hydrogen-bond donors (Lipinski definition) is 1. The maximum absolute atomic E-state index is 12.7. The van der Waals surface area contributed by atoms with Gasteiger partial charge < -0.3 is 24.3 Å². The molecule has 1 N–H and O–H groups in total. The number of anilines is 1. The molecule has 1 amide bonds. The molecule has 1 aliphatic rings. The van der Waals surface area contributed by atoms with Gasteiger partial charge in [-0.2, -0.15) is 0 Å². The van der Waals surface area contributed by atoms with Crippen molar-refractivity contribution in [3.05, 3.63) is 83.4 Å². The molecule has 3 aromatic carbocycles. The van der Waals surface area contributed by atoms with E-state index in [0.717, 1.165) is 17.7 Å². The monoisotopic (exact) mass is 489 g/mol. The quantitative estimate of drug-likeness (QED) is 0.350. The Bertz CT molecular complexity index is 1240. The van der Waals surface area contributed by atoms with Crippen LogP contribution in [0.4, 0.5) is 5.69 Å². The van der Waals surface area contributed by atoms with Crippen LogP contribution in [0.2, 0.25) is 0 Å². The van der Waals surface area contributed by atoms with Crippen LogP contribution in [0, 0.1) is 0 Å². The van der Waals surface area contributed by atoms with Gasteiger partial charge in [0.25, 0.3) is 0 Å². The van der Waals surface area contributed by atoms with E-state index in [0.29, 0.717) is 42.4 Å². The fourth-order valence-electron chi connectivity index (χ4n) is 3.66. The highest BCUT2D eigenvalue weighted by Gasteiger charge is 2.18. The van der Waals surface area contributed by atoms with Gasteiger partial charge in [-0.15, -0.1) is 0 Å². The molecule has 8 heteroatoms. The summed E-state index contributed by atoms with van der Waals surface area (Å²) < 4.78 is 21.6. The molecule has 0 saturated heterocycles. The molecule has 0 aliphatic carbocycles. The van der Waals surface area contributed by atoms with Crippen molar-refractivity contribution in [2.24, 2.45) is 0 Å². The Morgan fingerprint density at radius 1 is 0.917 bits per heavy atom. The van der Waals surface area contributed by atoms with Crippen molar-refractivity contribution in [3.8, 4) is 17.2 Å². The average Bonchev–Trinajstić information content (AvgIpc) is 3.16. The summed E-state index contributed by atoms with van der Waals surface area (Å²) in [4.78, 5) is 37.9. The Hall–Kier alpha value is -4.33. The molecule has 0 unspecified atom stereocenters. The number of rotatable bonds is 9. The number of carbonyl (C=O) groups is 3. The fourth-order valence-corrected chi connectivity index (χ4v) is 3.66. The molecule has 0 saturated carbocycles. The third kappa shape index (κ3) is 6.41. The van der Waals surface area contributed by atoms with Crippen LogP contribution in [0.5, 0.6) is 17.2 Å². The smallest absolute Gasteiger partial charge is 0.340 e. The lowest BCUT2D eigenvalue weighted by atomic mass is 10.1. The zero-order chi connectivity index (χ0) is 25.3. The van der Waals surface area contributed by atoms with Crippen molar-refractivity contribution >= 4 is 23.3 Å². The van der Waals surface area contributed by atoms with Crippen molar-refractivity contribution in [1.82, 2.24) is 0 Å². The van der Waals surface area contributed by atoms with Gasteiger partial charge in [-0.25, -0.2) is 4.79 Å². The number of fused-ring (bicyclic) bond motifs is 1. The first-order valence-electron chi connectivity index (χ1n) is 11.7. The van der Waals surface area contributed by atoms with Gasteiger partial charge >= 0.3 is 5.97 Å². The molecule has 4 rings (SSSR count). The van der Waals surface area contributed by atoms with Crippen LogP contribution < -0.4 is 19.5 Å². The van der Waals surface area contributed by atoms with Gasteiger partial charge in [-0.05, 0) is 54.4 Å². The SMILES string of the molecule is COc1ccc(CCC(=O)Nc2ccccc2C(=O)OCC(=O)c2ccc3c(c2)OCCCO3)cc1. The summed E-state index contributed by atoms with van der Waals surface area (Å²) >= 11 is 0. The molecule has 0 atom stereocenters. The molecule has 0 fully saturated rings. The third-order valence-electron chi connectivity index (χ3n) is 5.62. The van der Waals surface area contributed by atoms with Crippen molar-refractivity contribution in [3.63, 3.8) is 0 Å². The van der Waals surface area contributed by atoms with Crippen LogP contribution >= 0.6 is 0 Å². The van der Waals surface area contributed by atoms with E-state index in [1.807, 2.05) is 24.3 Å². The average molecular weight is 490 g/mol. The minimum absolute atomic E-state index is 0.168. The number of aryl methyl sites for hydroxylation is 1. The number of esters is 1. The molecule has 0 bridgehead atoms. The summed E-state index contributed by atoms with van der Waals surface area (Å²) in [5.74, 6) is 0.502. The Morgan fingerprint density at radius 3 is 2.44 bits per heavy atom. The molecular weight excluding hydrogens is 462 g/mol. The second-order valence-corrected chi connectivity index (χ2v) is 8.15. The summed E-state index contributed by atoms with van der Waals surface area (Å²) in [6.07, 6.45) is 1.53. The molecule has 186 valence electrons. The van der Waals surface area contributed by atoms with Gasteiger partial charge in [0.05, 0.1) is 31.6 Å². The van der Waals surface area contributed by atoms with E-state index in [9.17, 15) is 14.4 Å². The van der Waals surface area contributed by atoms with E-state index in [2.05, 4.69) is 5.32 Å². The number of Topliss-reactive ketones (excluding diaryl/α,β-unsaturated/α-hetero) is 1. The van der Waals surface area contributed by atoms with Crippen molar-refractivity contribution in [1.29, 1.82) is 0 Å². The zero-order valence-electron chi connectivity index (χ0n) is 20.0. The Morgan fingerprint density at radius 2 is 1.67 bits per heavy atom. The van der Waals surface area contributed by atoms with Crippen molar-refractivity contribution < 1.29 is 33.3 Å². The van der Waals surface area contributed by atoms with E-state index in [1.54, 1.807) is 49.6 Å². The fraction of sp³-hybridized carbons (Fsp3) is 0.250. The lowest BCUT2D eigenvalue weighted by molar-refractivity contribution is -0.116. The first kappa shape index (κ1) is 24.8. The first-order chi connectivity index (χ1) is 17.5. The van der Waals surface area contributed by atoms with Gasteiger partial charge in [0, 0.05) is 18.4 Å². The summed E-state index contributed by atoms with van der Waals surface area (Å²) in [6.45, 7) is 0.607. The van der Waals surface area contributed by atoms with Crippen LogP contribution in [-0.4, -0.2) is 44.6 Å². The van der Waals surface area contributed by atoms with E-state index in [1.165, 1.54) is 0 Å². The van der Waals surface area contributed by atoms with Crippen LogP contribution in [0.3, 0.4) is 0 Å². The summed E-state index contributed by atoms with van der Waals surface area (Å²) in [7, 11) is 1.60. The summed E-state index contributed by atoms with van der Waals surface area (Å²) in [6, 6.07) is 18.9. The molecule has 3 aromatic rings. The minimum Gasteiger partial charge on any atom is -0.497 e. The van der Waals surface area contributed by atoms with Gasteiger partial charge in [0.2, 0.25) is 5.91 Å². The van der Waals surface area contributed by atoms with E-state index >= 15 is 0 Å². The summed E-state index contributed by atoms with van der Waals surface area (Å²) in [5.41, 5.74) is 1.84. The molecule has 0 spiro atoms. The topological polar surface area (TPSA) is 100 Å². The Labute approximate surface area is 209 Å². The number of amides is 1. The molecule has 36 heavy (non-hydrogen) atoms. The van der Waals surface area contributed by atoms with Crippen LogP contribution in [0.15, 0.2) is 66.7 Å². The van der Waals surface area contributed by atoms with Gasteiger partial charge in [-0.3, -0.25) is 9.59 Å². The number of methoxy groups -OCH3 is 1. The third-order valence-corrected chi connectivity index (χ3v) is 5.62. The number of carbonyl (C=O) groups excluding carboxylic acids is 3. The van der Waals surface area contributed by atoms with E-state index in [-0.39, 0.29) is 23.7 Å². The molecular formula is C28H27NO7. The van der Waals surface area contributed by atoms with Crippen LogP contribution in [0.25, 0.3) is 0 Å². The molecule has 0 radical (unpaired) electrons. The minimum atomic E-state index is -0.705. The molecule has 8 nitrogen and oxygen atoms in total. The van der Waals surface area contributed by atoms with Gasteiger partial charge in [0.15, 0.2) is 23.9 Å². The van der Waals surface area contributed by atoms with Crippen molar-refractivity contribution in [2.75, 3.05) is 32.2 Å². The highest BCUT2D eigenvalue weighted by atomic mass is 16.5. The maximum atomic E-state index is 12.7. The van der Waals surface area contributed by atoms with Gasteiger partial charge in [-0.1, -0.05) is 24.3 Å². The van der Waals surface area contributed by atoms with Crippen LogP contribution in [-0.2, 0) is 16.0 Å².